The van der Waals surface area contributed by atoms with Gasteiger partial charge in [-0.2, -0.15) is 5.26 Å². The zero-order valence-corrected chi connectivity index (χ0v) is 17.5. The molecule has 0 amide bonds. The van der Waals surface area contributed by atoms with Crippen LogP contribution >= 0.6 is 0 Å². The number of aromatic nitrogens is 3. The molecular weight excluding hydrogens is 384 g/mol. The third-order valence-electron chi connectivity index (χ3n) is 4.95. The van der Waals surface area contributed by atoms with Crippen molar-refractivity contribution < 1.29 is 14.9 Å². The SMILES string of the molecule is COc1cc(-n2c(C(C)C)nc3c(C(O)C(C)C)c(O)ccc3c2=O)cnc1C#N. The van der Waals surface area contributed by atoms with Crippen molar-refractivity contribution in [2.75, 3.05) is 7.11 Å². The lowest BCUT2D eigenvalue weighted by Gasteiger charge is -2.21. The van der Waals surface area contributed by atoms with Gasteiger partial charge in [0.2, 0.25) is 0 Å². The second kappa shape index (κ2) is 8.13. The number of phenols is 1. The highest BCUT2D eigenvalue weighted by atomic mass is 16.5. The fourth-order valence-electron chi connectivity index (χ4n) is 3.34. The van der Waals surface area contributed by atoms with E-state index in [2.05, 4.69) is 9.97 Å². The Bertz CT molecular complexity index is 1210. The third kappa shape index (κ3) is 3.48. The van der Waals surface area contributed by atoms with Gasteiger partial charge in [0.15, 0.2) is 11.4 Å². The number of aliphatic hydroxyl groups excluding tert-OH is 1. The van der Waals surface area contributed by atoms with E-state index < -0.39 is 6.10 Å². The molecule has 0 aliphatic carbocycles. The summed E-state index contributed by atoms with van der Waals surface area (Å²) in [6, 6.07) is 6.40. The number of aromatic hydroxyl groups is 1. The van der Waals surface area contributed by atoms with Gasteiger partial charge in [-0.3, -0.25) is 9.36 Å². The highest BCUT2D eigenvalue weighted by Gasteiger charge is 2.24. The highest BCUT2D eigenvalue weighted by Crippen LogP contribution is 2.35. The monoisotopic (exact) mass is 408 g/mol. The van der Waals surface area contributed by atoms with Crippen LogP contribution in [0.5, 0.6) is 11.5 Å². The van der Waals surface area contributed by atoms with Crippen LogP contribution in [0, 0.1) is 17.2 Å². The minimum Gasteiger partial charge on any atom is -0.507 e. The Balaban J connectivity index is 2.42. The second-order valence-electron chi connectivity index (χ2n) is 7.70. The first-order chi connectivity index (χ1) is 14.2. The molecule has 2 aromatic heterocycles. The Morgan fingerprint density at radius 3 is 2.50 bits per heavy atom. The fourth-order valence-corrected chi connectivity index (χ4v) is 3.34. The van der Waals surface area contributed by atoms with Gasteiger partial charge in [0, 0.05) is 17.5 Å². The Labute approximate surface area is 174 Å². The topological polar surface area (TPSA) is 121 Å². The van der Waals surface area contributed by atoms with E-state index in [0.29, 0.717) is 11.5 Å². The summed E-state index contributed by atoms with van der Waals surface area (Å²) in [5, 5.41) is 30.5. The van der Waals surface area contributed by atoms with Gasteiger partial charge in [0.25, 0.3) is 5.56 Å². The van der Waals surface area contributed by atoms with Crippen molar-refractivity contribution in [3.05, 3.63) is 51.8 Å². The predicted octanol–water partition coefficient (Wildman–Crippen LogP) is 3.18. The smallest absolute Gasteiger partial charge is 0.266 e. The number of nitrogens with zero attached hydrogens (tertiary/aromatic N) is 4. The Morgan fingerprint density at radius 2 is 1.93 bits per heavy atom. The molecule has 0 saturated heterocycles. The van der Waals surface area contributed by atoms with E-state index in [4.69, 9.17) is 4.74 Å². The minimum absolute atomic E-state index is 0.107. The Kier molecular flexibility index (Phi) is 5.76. The molecule has 2 heterocycles. The summed E-state index contributed by atoms with van der Waals surface area (Å²) < 4.78 is 6.65. The van der Waals surface area contributed by atoms with E-state index in [0.717, 1.165) is 0 Å². The molecule has 1 aromatic carbocycles. The van der Waals surface area contributed by atoms with Crippen molar-refractivity contribution in [1.82, 2.24) is 14.5 Å². The van der Waals surface area contributed by atoms with Crippen LogP contribution in [-0.2, 0) is 0 Å². The maximum absolute atomic E-state index is 13.5. The molecule has 0 aliphatic rings. The number of nitriles is 1. The second-order valence-corrected chi connectivity index (χ2v) is 7.70. The van der Waals surface area contributed by atoms with Crippen LogP contribution in [-0.4, -0.2) is 31.9 Å². The summed E-state index contributed by atoms with van der Waals surface area (Å²) in [5.74, 6) is 0.238. The van der Waals surface area contributed by atoms with E-state index in [1.54, 1.807) is 6.07 Å². The van der Waals surface area contributed by atoms with E-state index in [9.17, 15) is 20.3 Å². The van der Waals surface area contributed by atoms with Crippen LogP contribution in [0.1, 0.15) is 56.8 Å². The van der Waals surface area contributed by atoms with E-state index >= 15 is 0 Å². The molecular formula is C22H24N4O4. The first-order valence-corrected chi connectivity index (χ1v) is 9.62. The van der Waals surface area contributed by atoms with E-state index in [1.165, 1.54) is 30.0 Å². The van der Waals surface area contributed by atoms with Gasteiger partial charge >= 0.3 is 0 Å². The summed E-state index contributed by atoms with van der Waals surface area (Å²) in [5.41, 5.74) is 0.669. The lowest BCUT2D eigenvalue weighted by Crippen LogP contribution is -2.26. The van der Waals surface area contributed by atoms with Crippen molar-refractivity contribution in [2.24, 2.45) is 5.92 Å². The molecule has 3 aromatic rings. The molecule has 0 bridgehead atoms. The number of pyridine rings is 1. The molecule has 0 fully saturated rings. The molecule has 0 saturated carbocycles. The standard InChI is InChI=1S/C22H24N4O4/c1-11(2)20(28)18-16(27)7-6-14-19(18)25-21(12(3)4)26(22(14)29)13-8-17(30-5)15(9-23)24-10-13/h6-8,10-12,20,27-28H,1-5H3. The van der Waals surface area contributed by atoms with Crippen molar-refractivity contribution in [1.29, 1.82) is 5.26 Å². The van der Waals surface area contributed by atoms with Crippen LogP contribution in [0.25, 0.3) is 16.6 Å². The molecule has 0 aliphatic heterocycles. The molecule has 30 heavy (non-hydrogen) atoms. The molecule has 0 spiro atoms. The number of fused-ring (bicyclic) bond motifs is 1. The summed E-state index contributed by atoms with van der Waals surface area (Å²) in [4.78, 5) is 22.3. The van der Waals surface area contributed by atoms with Crippen molar-refractivity contribution in [3.63, 3.8) is 0 Å². The average molecular weight is 408 g/mol. The molecule has 8 heteroatoms. The lowest BCUT2D eigenvalue weighted by atomic mass is 9.95. The number of aliphatic hydroxyl groups is 1. The van der Waals surface area contributed by atoms with Crippen molar-refractivity contribution >= 4 is 10.9 Å². The normalized spacial score (nSPS) is 12.4. The van der Waals surface area contributed by atoms with Crippen molar-refractivity contribution in [2.45, 2.75) is 39.7 Å². The molecule has 3 rings (SSSR count). The molecule has 1 unspecified atom stereocenters. The molecule has 1 atom stereocenters. The number of hydrogen-bond donors (Lipinski definition) is 2. The molecule has 0 radical (unpaired) electrons. The first-order valence-electron chi connectivity index (χ1n) is 9.62. The summed E-state index contributed by atoms with van der Waals surface area (Å²) >= 11 is 0. The molecule has 156 valence electrons. The zero-order valence-electron chi connectivity index (χ0n) is 17.5. The van der Waals surface area contributed by atoms with E-state index in [-0.39, 0.29) is 51.1 Å². The molecule has 8 nitrogen and oxygen atoms in total. The van der Waals surface area contributed by atoms with Gasteiger partial charge in [-0.25, -0.2) is 9.97 Å². The van der Waals surface area contributed by atoms with Crippen LogP contribution in [0.3, 0.4) is 0 Å². The van der Waals surface area contributed by atoms with Gasteiger partial charge in [0.05, 0.1) is 36.0 Å². The number of methoxy groups -OCH3 is 1. The lowest BCUT2D eigenvalue weighted by molar-refractivity contribution is 0.125. The van der Waals surface area contributed by atoms with Gasteiger partial charge in [0.1, 0.15) is 17.6 Å². The van der Waals surface area contributed by atoms with Crippen LogP contribution in [0.15, 0.2) is 29.2 Å². The number of benzene rings is 1. The quantitative estimate of drug-likeness (QED) is 0.665. The summed E-state index contributed by atoms with van der Waals surface area (Å²) in [6.45, 7) is 7.42. The van der Waals surface area contributed by atoms with Gasteiger partial charge in [-0.05, 0) is 18.1 Å². The van der Waals surface area contributed by atoms with Crippen LogP contribution in [0.2, 0.25) is 0 Å². The Hall–Kier alpha value is -3.44. The highest BCUT2D eigenvalue weighted by molar-refractivity contribution is 5.84. The number of rotatable bonds is 5. The van der Waals surface area contributed by atoms with Gasteiger partial charge in [-0.15, -0.1) is 0 Å². The third-order valence-corrected chi connectivity index (χ3v) is 4.95. The number of phenolic OH excluding ortho intramolecular Hbond substituents is 1. The predicted molar refractivity (Wildman–Crippen MR) is 112 cm³/mol. The fraction of sp³-hybridized carbons (Fsp3) is 0.364. The van der Waals surface area contributed by atoms with Crippen LogP contribution in [0.4, 0.5) is 0 Å². The largest absolute Gasteiger partial charge is 0.507 e. The van der Waals surface area contributed by atoms with Crippen molar-refractivity contribution in [3.8, 4) is 23.3 Å². The number of hydrogen-bond acceptors (Lipinski definition) is 7. The van der Waals surface area contributed by atoms with Crippen LogP contribution < -0.4 is 10.3 Å². The first kappa shape index (κ1) is 21.3. The summed E-state index contributed by atoms with van der Waals surface area (Å²) in [6.07, 6.45) is 0.444. The minimum atomic E-state index is -0.979. The molecule has 2 N–H and O–H groups in total. The van der Waals surface area contributed by atoms with E-state index in [1.807, 2.05) is 33.8 Å². The summed E-state index contributed by atoms with van der Waals surface area (Å²) in [7, 11) is 1.43. The number of ether oxygens (including phenoxy) is 1. The average Bonchev–Trinajstić information content (AvgIpc) is 2.72. The van der Waals surface area contributed by atoms with Gasteiger partial charge in [-0.1, -0.05) is 27.7 Å². The zero-order chi connectivity index (χ0) is 22.2. The van der Waals surface area contributed by atoms with Gasteiger partial charge < -0.3 is 14.9 Å². The maximum atomic E-state index is 13.5. The maximum Gasteiger partial charge on any atom is 0.266 e. The Morgan fingerprint density at radius 1 is 1.23 bits per heavy atom.